The van der Waals surface area contributed by atoms with Crippen LogP contribution in [-0.4, -0.2) is 42.3 Å². The molecule has 0 aliphatic heterocycles. The van der Waals surface area contributed by atoms with Crippen LogP contribution in [0.1, 0.15) is 23.5 Å². The van der Waals surface area contributed by atoms with E-state index >= 15 is 0 Å². The molecule has 0 bridgehead atoms. The maximum atomic E-state index is 12.3. The highest BCUT2D eigenvalue weighted by atomic mass is 16.7. The number of alkyl carbamates (subject to hydrolysis) is 1. The Morgan fingerprint density at radius 2 is 1.67 bits per heavy atom. The first-order chi connectivity index (χ1) is 14.5. The lowest BCUT2D eigenvalue weighted by Gasteiger charge is -2.18. The van der Waals surface area contributed by atoms with Crippen LogP contribution in [0.4, 0.5) is 4.79 Å². The molecule has 3 N–H and O–H groups in total. The van der Waals surface area contributed by atoms with Crippen LogP contribution in [0.5, 0.6) is 0 Å². The number of benzene rings is 2. The van der Waals surface area contributed by atoms with Gasteiger partial charge in [-0.15, -0.1) is 6.58 Å². The molecular formula is C22H22N2O6. The average Bonchev–Trinajstić information content (AvgIpc) is 3.05. The van der Waals surface area contributed by atoms with Crippen molar-refractivity contribution < 1.29 is 29.1 Å². The number of hydrogen-bond acceptors (Lipinski definition) is 5. The van der Waals surface area contributed by atoms with Gasteiger partial charge in [0.25, 0.3) is 5.91 Å². The number of carbonyl (C=O) groups is 3. The molecule has 1 unspecified atom stereocenters. The van der Waals surface area contributed by atoms with E-state index in [2.05, 4.69) is 16.7 Å². The van der Waals surface area contributed by atoms with Crippen LogP contribution in [-0.2, 0) is 19.2 Å². The van der Waals surface area contributed by atoms with E-state index in [0.29, 0.717) is 0 Å². The topological polar surface area (TPSA) is 114 Å². The van der Waals surface area contributed by atoms with Gasteiger partial charge in [0, 0.05) is 5.92 Å². The van der Waals surface area contributed by atoms with Gasteiger partial charge in [0.1, 0.15) is 12.6 Å². The highest BCUT2D eigenvalue weighted by molar-refractivity contribution is 5.85. The van der Waals surface area contributed by atoms with Crippen molar-refractivity contribution in [3.8, 4) is 11.1 Å². The molecule has 2 aromatic rings. The van der Waals surface area contributed by atoms with Gasteiger partial charge in [-0.2, -0.15) is 0 Å². The number of ether oxygens (including phenoxy) is 1. The van der Waals surface area contributed by atoms with Gasteiger partial charge in [-0.1, -0.05) is 54.6 Å². The molecule has 3 rings (SSSR count). The number of carbonyl (C=O) groups excluding carboxylic acids is 2. The van der Waals surface area contributed by atoms with E-state index in [-0.39, 0.29) is 18.9 Å². The zero-order valence-electron chi connectivity index (χ0n) is 16.2. The molecule has 156 valence electrons. The molecule has 8 nitrogen and oxygen atoms in total. The lowest BCUT2D eigenvalue weighted by molar-refractivity contribution is -0.149. The average molecular weight is 410 g/mol. The van der Waals surface area contributed by atoms with Gasteiger partial charge in [0.05, 0.1) is 0 Å². The molecule has 0 heterocycles. The molecule has 0 aromatic heterocycles. The van der Waals surface area contributed by atoms with Gasteiger partial charge in [0.15, 0.2) is 6.61 Å². The Balaban J connectivity index is 1.61. The highest BCUT2D eigenvalue weighted by Crippen LogP contribution is 2.44. The number of rotatable bonds is 9. The molecule has 0 saturated carbocycles. The monoisotopic (exact) mass is 410 g/mol. The number of fused-ring (bicyclic) bond motifs is 3. The number of aliphatic carboxylic acids is 1. The van der Waals surface area contributed by atoms with E-state index in [0.717, 1.165) is 22.3 Å². The van der Waals surface area contributed by atoms with Crippen molar-refractivity contribution in [2.45, 2.75) is 18.4 Å². The van der Waals surface area contributed by atoms with Crippen molar-refractivity contribution in [3.63, 3.8) is 0 Å². The molecule has 2 amide bonds. The van der Waals surface area contributed by atoms with Gasteiger partial charge < -0.3 is 15.2 Å². The van der Waals surface area contributed by atoms with E-state index in [1.807, 2.05) is 54.0 Å². The fourth-order valence-electron chi connectivity index (χ4n) is 3.42. The summed E-state index contributed by atoms with van der Waals surface area (Å²) < 4.78 is 5.41. The highest BCUT2D eigenvalue weighted by Gasteiger charge is 2.29. The van der Waals surface area contributed by atoms with E-state index in [1.54, 1.807) is 0 Å². The van der Waals surface area contributed by atoms with Crippen LogP contribution < -0.4 is 10.8 Å². The van der Waals surface area contributed by atoms with Crippen molar-refractivity contribution in [2.75, 3.05) is 13.2 Å². The van der Waals surface area contributed by atoms with Crippen LogP contribution in [0.2, 0.25) is 0 Å². The molecule has 0 saturated heterocycles. The Morgan fingerprint density at radius 3 is 2.23 bits per heavy atom. The van der Waals surface area contributed by atoms with E-state index < -0.39 is 30.6 Å². The van der Waals surface area contributed by atoms with E-state index in [1.165, 1.54) is 6.08 Å². The number of carboxylic acids is 1. The quantitative estimate of drug-likeness (QED) is 0.433. The molecular weight excluding hydrogens is 388 g/mol. The first-order valence-electron chi connectivity index (χ1n) is 9.37. The number of carboxylic acid groups (broad SMARTS) is 1. The first kappa shape index (κ1) is 21.1. The fourth-order valence-corrected chi connectivity index (χ4v) is 3.42. The minimum Gasteiger partial charge on any atom is -0.479 e. The molecule has 0 spiro atoms. The summed E-state index contributed by atoms with van der Waals surface area (Å²) in [6, 6.07) is 14.9. The van der Waals surface area contributed by atoms with Crippen LogP contribution in [0.15, 0.2) is 61.2 Å². The molecule has 30 heavy (non-hydrogen) atoms. The Hall–Kier alpha value is -3.65. The second kappa shape index (κ2) is 9.71. The first-order valence-corrected chi connectivity index (χ1v) is 9.37. The summed E-state index contributed by atoms with van der Waals surface area (Å²) in [5, 5.41) is 11.0. The van der Waals surface area contributed by atoms with Crippen molar-refractivity contribution in [3.05, 3.63) is 72.3 Å². The van der Waals surface area contributed by atoms with Gasteiger partial charge in [-0.3, -0.25) is 9.63 Å². The smallest absolute Gasteiger partial charge is 0.407 e. The summed E-state index contributed by atoms with van der Waals surface area (Å²) in [7, 11) is 0. The van der Waals surface area contributed by atoms with Crippen molar-refractivity contribution in [1.29, 1.82) is 0 Å². The van der Waals surface area contributed by atoms with E-state index in [9.17, 15) is 14.4 Å². The third-order valence-corrected chi connectivity index (χ3v) is 4.72. The number of nitrogens with one attached hydrogen (secondary N) is 2. The van der Waals surface area contributed by atoms with Gasteiger partial charge in [0.2, 0.25) is 0 Å². The predicted molar refractivity (Wildman–Crippen MR) is 109 cm³/mol. The fraction of sp³-hybridized carbons (Fsp3) is 0.227. The Kier molecular flexibility index (Phi) is 6.82. The Morgan fingerprint density at radius 1 is 1.07 bits per heavy atom. The standard InChI is InChI=1S/C22H22N2O6/c1-2-7-19(21(27)24-30-13-20(25)26)23-22(28)29-12-18-16-10-5-3-8-14(16)15-9-4-6-11-17(15)18/h2-6,8-11,18-19H,1,7,12-13H2,(H,23,28)(H,24,27)(H,25,26). The third-order valence-electron chi connectivity index (χ3n) is 4.72. The lowest BCUT2D eigenvalue weighted by atomic mass is 9.98. The molecule has 0 radical (unpaired) electrons. The SMILES string of the molecule is C=CCC(NC(=O)OCC1c2ccccc2-c2ccccc21)C(=O)NOCC(=O)O. The van der Waals surface area contributed by atoms with Crippen LogP contribution >= 0.6 is 0 Å². The van der Waals surface area contributed by atoms with Crippen molar-refractivity contribution >= 4 is 18.0 Å². The maximum Gasteiger partial charge on any atom is 0.407 e. The number of amides is 2. The number of hydroxylamine groups is 1. The van der Waals surface area contributed by atoms with Gasteiger partial charge in [-0.25, -0.2) is 15.1 Å². The molecule has 2 aromatic carbocycles. The minimum atomic E-state index is -1.24. The largest absolute Gasteiger partial charge is 0.479 e. The summed E-state index contributed by atoms with van der Waals surface area (Å²) in [5.74, 6) is -2.04. The zero-order valence-corrected chi connectivity index (χ0v) is 16.2. The van der Waals surface area contributed by atoms with Crippen molar-refractivity contribution in [2.24, 2.45) is 0 Å². The summed E-state index contributed by atoms with van der Waals surface area (Å²) in [6.07, 6.45) is 0.801. The molecule has 0 fully saturated rings. The van der Waals surface area contributed by atoms with Crippen molar-refractivity contribution in [1.82, 2.24) is 10.8 Å². The van der Waals surface area contributed by atoms with E-state index in [4.69, 9.17) is 9.84 Å². The zero-order chi connectivity index (χ0) is 21.5. The summed E-state index contributed by atoms with van der Waals surface area (Å²) >= 11 is 0. The van der Waals surface area contributed by atoms with Crippen LogP contribution in [0.3, 0.4) is 0 Å². The molecule has 1 aliphatic carbocycles. The summed E-state index contributed by atoms with van der Waals surface area (Å²) in [6.45, 7) is 2.96. The second-order valence-corrected chi connectivity index (χ2v) is 6.70. The second-order valence-electron chi connectivity index (χ2n) is 6.70. The maximum absolute atomic E-state index is 12.3. The van der Waals surface area contributed by atoms with Crippen LogP contribution in [0, 0.1) is 0 Å². The van der Waals surface area contributed by atoms with Crippen LogP contribution in [0.25, 0.3) is 11.1 Å². The van der Waals surface area contributed by atoms with Gasteiger partial charge in [-0.05, 0) is 28.7 Å². The van der Waals surface area contributed by atoms with Gasteiger partial charge >= 0.3 is 12.1 Å². The number of hydrogen-bond donors (Lipinski definition) is 3. The Labute approximate surface area is 173 Å². The Bertz CT molecular complexity index is 913. The molecule has 1 atom stereocenters. The molecule has 8 heteroatoms. The minimum absolute atomic E-state index is 0.103. The normalized spacial score (nSPS) is 12.9. The summed E-state index contributed by atoms with van der Waals surface area (Å²) in [4.78, 5) is 39.4. The lowest BCUT2D eigenvalue weighted by Crippen LogP contribution is -2.47. The predicted octanol–water partition coefficient (Wildman–Crippen LogP) is 2.60. The summed E-state index contributed by atoms with van der Waals surface area (Å²) in [5.41, 5.74) is 6.37. The third kappa shape index (κ3) is 4.84. The molecule has 1 aliphatic rings.